The van der Waals surface area contributed by atoms with Gasteiger partial charge in [-0.15, -0.1) is 0 Å². The molecule has 2 aromatic rings. The number of hydrogen-bond acceptors (Lipinski definition) is 4. The molecule has 0 radical (unpaired) electrons. The molecule has 1 aliphatic heterocycles. The van der Waals surface area contributed by atoms with Crippen LogP contribution in [0.25, 0.3) is 0 Å². The Labute approximate surface area is 166 Å². The van der Waals surface area contributed by atoms with Crippen molar-refractivity contribution in [1.82, 2.24) is 9.21 Å². The first kappa shape index (κ1) is 21.1. The largest absolute Gasteiger partial charge is 0.497 e. The minimum Gasteiger partial charge on any atom is -0.497 e. The Balaban J connectivity index is 2.07. The monoisotopic (exact) mass is 428 g/mol. The van der Waals surface area contributed by atoms with Gasteiger partial charge in [-0.05, 0) is 36.8 Å². The third-order valence-electron chi connectivity index (χ3n) is 4.67. The SMILES string of the molecule is COc1ccc([C@@H]2N(C(=O)C(F)(F)F)CCN2S(=O)(=O)c2ccc(C)cc2)cc1. The zero-order valence-corrected chi connectivity index (χ0v) is 16.5. The number of carbonyl (C=O) groups excluding carboxylic acids is 1. The summed E-state index contributed by atoms with van der Waals surface area (Å²) in [4.78, 5) is 12.5. The van der Waals surface area contributed by atoms with Crippen LogP contribution < -0.4 is 4.74 Å². The summed E-state index contributed by atoms with van der Waals surface area (Å²) in [6.45, 7) is 1.16. The van der Waals surface area contributed by atoms with E-state index in [1.807, 2.05) is 0 Å². The number of rotatable bonds is 4. The van der Waals surface area contributed by atoms with Crippen LogP contribution in [0.2, 0.25) is 0 Å². The molecule has 0 N–H and O–H groups in total. The summed E-state index contributed by atoms with van der Waals surface area (Å²) in [6, 6.07) is 11.9. The van der Waals surface area contributed by atoms with Crippen molar-refractivity contribution in [2.24, 2.45) is 0 Å². The molecule has 0 aromatic heterocycles. The molecule has 0 unspecified atom stereocenters. The summed E-state index contributed by atoms with van der Waals surface area (Å²) in [6.07, 6.45) is -6.53. The first-order chi connectivity index (χ1) is 13.6. The average Bonchev–Trinajstić information content (AvgIpc) is 3.12. The molecule has 2 aromatic carbocycles. The van der Waals surface area contributed by atoms with Gasteiger partial charge in [0.2, 0.25) is 10.0 Å². The van der Waals surface area contributed by atoms with Gasteiger partial charge in [0.15, 0.2) is 0 Å². The number of alkyl halides is 3. The summed E-state index contributed by atoms with van der Waals surface area (Å²) < 4.78 is 71.6. The van der Waals surface area contributed by atoms with E-state index in [4.69, 9.17) is 4.74 Å². The predicted octanol–water partition coefficient (Wildman–Crippen LogP) is 3.10. The van der Waals surface area contributed by atoms with Crippen LogP contribution in [0.3, 0.4) is 0 Å². The highest BCUT2D eigenvalue weighted by Gasteiger charge is 2.51. The number of aryl methyl sites for hydroxylation is 1. The molecule has 0 aliphatic carbocycles. The highest BCUT2D eigenvalue weighted by Crippen LogP contribution is 2.38. The smallest absolute Gasteiger partial charge is 0.471 e. The van der Waals surface area contributed by atoms with Crippen LogP contribution in [-0.4, -0.2) is 49.9 Å². The van der Waals surface area contributed by atoms with Gasteiger partial charge in [0.25, 0.3) is 0 Å². The Morgan fingerprint density at radius 3 is 2.14 bits per heavy atom. The van der Waals surface area contributed by atoms with Crippen LogP contribution in [0.15, 0.2) is 53.4 Å². The van der Waals surface area contributed by atoms with E-state index in [2.05, 4.69) is 0 Å². The molecule has 1 fully saturated rings. The molecule has 29 heavy (non-hydrogen) atoms. The van der Waals surface area contributed by atoms with Crippen molar-refractivity contribution in [2.45, 2.75) is 24.2 Å². The number of sulfonamides is 1. The van der Waals surface area contributed by atoms with Gasteiger partial charge in [0.05, 0.1) is 12.0 Å². The van der Waals surface area contributed by atoms with Crippen LogP contribution in [0, 0.1) is 6.92 Å². The molecule has 3 rings (SSSR count). The molecular weight excluding hydrogens is 409 g/mol. The average molecular weight is 428 g/mol. The number of halogens is 3. The number of hydrogen-bond donors (Lipinski definition) is 0. The van der Waals surface area contributed by atoms with Gasteiger partial charge < -0.3 is 9.64 Å². The fourth-order valence-electron chi connectivity index (χ4n) is 3.20. The van der Waals surface area contributed by atoms with Crippen molar-refractivity contribution < 1.29 is 31.1 Å². The molecule has 1 amide bonds. The molecule has 0 bridgehead atoms. The van der Waals surface area contributed by atoms with E-state index < -0.39 is 28.3 Å². The minimum atomic E-state index is -5.12. The van der Waals surface area contributed by atoms with Crippen LogP contribution in [0.4, 0.5) is 13.2 Å². The highest BCUT2D eigenvalue weighted by atomic mass is 32.2. The number of ether oxygens (including phenoxy) is 1. The Morgan fingerprint density at radius 1 is 1.03 bits per heavy atom. The van der Waals surface area contributed by atoms with E-state index in [0.717, 1.165) is 9.87 Å². The number of carbonyl (C=O) groups is 1. The van der Waals surface area contributed by atoms with E-state index in [1.165, 1.54) is 43.5 Å². The Hall–Kier alpha value is -2.59. The number of methoxy groups -OCH3 is 1. The molecule has 0 spiro atoms. The molecular formula is C19H19F3N2O4S. The maximum absolute atomic E-state index is 13.2. The van der Waals surface area contributed by atoms with Gasteiger partial charge in [-0.1, -0.05) is 29.8 Å². The molecule has 1 atom stereocenters. The number of amides is 1. The van der Waals surface area contributed by atoms with Crippen molar-refractivity contribution in [3.8, 4) is 5.75 Å². The van der Waals surface area contributed by atoms with Crippen molar-refractivity contribution in [3.05, 3.63) is 59.7 Å². The molecule has 6 nitrogen and oxygen atoms in total. The van der Waals surface area contributed by atoms with Gasteiger partial charge in [-0.25, -0.2) is 8.42 Å². The molecule has 1 heterocycles. The molecule has 0 saturated carbocycles. The maximum atomic E-state index is 13.2. The van der Waals surface area contributed by atoms with E-state index in [1.54, 1.807) is 19.1 Å². The van der Waals surface area contributed by atoms with Crippen molar-refractivity contribution >= 4 is 15.9 Å². The first-order valence-corrected chi connectivity index (χ1v) is 10.1. The van der Waals surface area contributed by atoms with Gasteiger partial charge in [0, 0.05) is 13.1 Å². The van der Waals surface area contributed by atoms with Gasteiger partial charge in [-0.2, -0.15) is 17.5 Å². The van der Waals surface area contributed by atoms with Crippen LogP contribution in [0.1, 0.15) is 17.3 Å². The second-order valence-corrected chi connectivity index (χ2v) is 8.46. The Bertz CT molecular complexity index is 990. The van der Waals surface area contributed by atoms with Crippen LogP contribution in [0.5, 0.6) is 5.75 Å². The topological polar surface area (TPSA) is 66.9 Å². The van der Waals surface area contributed by atoms with E-state index >= 15 is 0 Å². The lowest BCUT2D eigenvalue weighted by Gasteiger charge is -2.30. The highest BCUT2D eigenvalue weighted by molar-refractivity contribution is 7.89. The van der Waals surface area contributed by atoms with E-state index in [-0.39, 0.29) is 23.5 Å². The third kappa shape index (κ3) is 4.08. The second kappa shape index (κ2) is 7.68. The second-order valence-electron chi connectivity index (χ2n) is 6.57. The van der Waals surface area contributed by atoms with Crippen molar-refractivity contribution in [2.75, 3.05) is 20.2 Å². The van der Waals surface area contributed by atoms with E-state index in [9.17, 15) is 26.4 Å². The fourth-order valence-corrected chi connectivity index (χ4v) is 4.77. The molecule has 1 aliphatic rings. The number of nitrogens with zero attached hydrogens (tertiary/aromatic N) is 2. The molecule has 1 saturated heterocycles. The lowest BCUT2D eigenvalue weighted by Crippen LogP contribution is -2.43. The van der Waals surface area contributed by atoms with Crippen LogP contribution >= 0.6 is 0 Å². The predicted molar refractivity (Wildman–Crippen MR) is 98.6 cm³/mol. The van der Waals surface area contributed by atoms with Crippen molar-refractivity contribution in [3.63, 3.8) is 0 Å². The first-order valence-electron chi connectivity index (χ1n) is 8.66. The Morgan fingerprint density at radius 2 is 1.62 bits per heavy atom. The summed E-state index contributed by atoms with van der Waals surface area (Å²) in [5, 5.41) is 0. The molecule has 10 heteroatoms. The van der Waals surface area contributed by atoms with Gasteiger partial charge in [0.1, 0.15) is 11.9 Å². The lowest BCUT2D eigenvalue weighted by molar-refractivity contribution is -0.187. The zero-order chi connectivity index (χ0) is 21.4. The zero-order valence-electron chi connectivity index (χ0n) is 15.7. The Kier molecular flexibility index (Phi) is 5.59. The maximum Gasteiger partial charge on any atom is 0.471 e. The standard InChI is InChI=1S/C19H19F3N2O4S/c1-13-3-9-16(10-4-13)29(26,27)24-12-11-23(18(25)19(20,21)22)17(24)14-5-7-15(28-2)8-6-14/h3-10,17H,11-12H2,1-2H3/t17-/m1/s1. The summed E-state index contributed by atoms with van der Waals surface area (Å²) in [5.41, 5.74) is 1.07. The van der Waals surface area contributed by atoms with E-state index in [0.29, 0.717) is 10.6 Å². The van der Waals surface area contributed by atoms with Crippen molar-refractivity contribution in [1.29, 1.82) is 0 Å². The minimum absolute atomic E-state index is 0.0529. The lowest BCUT2D eigenvalue weighted by atomic mass is 10.1. The quantitative estimate of drug-likeness (QED) is 0.751. The summed E-state index contributed by atoms with van der Waals surface area (Å²) in [5.74, 6) is -1.63. The summed E-state index contributed by atoms with van der Waals surface area (Å²) in [7, 11) is -2.71. The molecule has 156 valence electrons. The third-order valence-corrected chi connectivity index (χ3v) is 6.54. The fraction of sp³-hybridized carbons (Fsp3) is 0.316. The normalized spacial score (nSPS) is 18.1. The number of benzene rings is 2. The summed E-state index contributed by atoms with van der Waals surface area (Å²) >= 11 is 0. The van der Waals surface area contributed by atoms with Crippen LogP contribution in [-0.2, 0) is 14.8 Å². The van der Waals surface area contributed by atoms with Gasteiger partial charge in [-0.3, -0.25) is 4.79 Å². The van der Waals surface area contributed by atoms with Gasteiger partial charge >= 0.3 is 12.1 Å².